The van der Waals surface area contributed by atoms with Crippen molar-refractivity contribution in [1.82, 2.24) is 0 Å². The van der Waals surface area contributed by atoms with Crippen molar-refractivity contribution in [2.75, 3.05) is 0 Å². The van der Waals surface area contributed by atoms with Crippen LogP contribution in [0.5, 0.6) is 5.75 Å². The second-order valence-corrected chi connectivity index (χ2v) is 3.04. The third kappa shape index (κ3) is 1.82. The summed E-state index contributed by atoms with van der Waals surface area (Å²) in [6.45, 7) is 1.19. The molecule has 0 aliphatic carbocycles. The number of rotatable bonds is 2. The average molecular weight is 216 g/mol. The fourth-order valence-electron chi connectivity index (χ4n) is 0.959. The Hall–Kier alpha value is -1.62. The molecule has 0 fully saturated rings. The Morgan fingerprint density at radius 1 is 1.57 bits per heavy atom. The van der Waals surface area contributed by atoms with Gasteiger partial charge in [-0.25, -0.2) is 0 Å². The summed E-state index contributed by atoms with van der Waals surface area (Å²) < 4.78 is 0. The highest BCUT2D eigenvalue weighted by Gasteiger charge is 2.17. The van der Waals surface area contributed by atoms with E-state index in [1.807, 2.05) is 0 Å². The molecule has 0 bridgehead atoms. The van der Waals surface area contributed by atoms with E-state index in [4.69, 9.17) is 11.6 Å². The third-order valence-corrected chi connectivity index (χ3v) is 1.93. The van der Waals surface area contributed by atoms with Gasteiger partial charge in [0.15, 0.2) is 5.78 Å². The predicted molar refractivity (Wildman–Crippen MR) is 49.8 cm³/mol. The number of hydrogen-bond acceptors (Lipinski definition) is 4. The van der Waals surface area contributed by atoms with Crippen LogP contribution in [0.2, 0.25) is 5.02 Å². The zero-order chi connectivity index (χ0) is 10.9. The van der Waals surface area contributed by atoms with E-state index in [9.17, 15) is 20.0 Å². The maximum Gasteiger partial charge on any atom is 0.271 e. The minimum Gasteiger partial charge on any atom is -0.506 e. The maximum absolute atomic E-state index is 11.0. The first-order valence-corrected chi connectivity index (χ1v) is 3.99. The SMILES string of the molecule is CC(=O)c1cc([N+](=O)[O-])cc(Cl)c1O. The zero-order valence-electron chi connectivity index (χ0n) is 7.15. The van der Waals surface area contributed by atoms with Crippen molar-refractivity contribution in [2.24, 2.45) is 0 Å². The molecule has 1 rings (SSSR count). The molecule has 0 aliphatic heterocycles. The summed E-state index contributed by atoms with van der Waals surface area (Å²) in [7, 11) is 0. The summed E-state index contributed by atoms with van der Waals surface area (Å²) in [5.41, 5.74) is -0.470. The first-order valence-electron chi connectivity index (χ1n) is 3.61. The summed E-state index contributed by atoms with van der Waals surface area (Å²) in [6.07, 6.45) is 0. The number of aromatic hydroxyl groups is 1. The van der Waals surface area contributed by atoms with Crippen molar-refractivity contribution < 1.29 is 14.8 Å². The molecule has 14 heavy (non-hydrogen) atoms. The molecule has 0 spiro atoms. The van der Waals surface area contributed by atoms with Gasteiger partial charge in [-0.15, -0.1) is 0 Å². The molecule has 0 saturated heterocycles. The molecule has 1 N–H and O–H groups in total. The van der Waals surface area contributed by atoms with Gasteiger partial charge in [-0.05, 0) is 6.92 Å². The van der Waals surface area contributed by atoms with Gasteiger partial charge >= 0.3 is 0 Å². The molecule has 0 heterocycles. The number of ketones is 1. The number of phenolic OH excluding ortho intramolecular Hbond substituents is 1. The summed E-state index contributed by atoms with van der Waals surface area (Å²) in [5, 5.41) is 19.5. The fraction of sp³-hybridized carbons (Fsp3) is 0.125. The van der Waals surface area contributed by atoms with Crippen molar-refractivity contribution in [3.05, 3.63) is 32.8 Å². The van der Waals surface area contributed by atoms with Gasteiger partial charge in [-0.2, -0.15) is 0 Å². The van der Waals surface area contributed by atoms with E-state index in [1.54, 1.807) is 0 Å². The minimum atomic E-state index is -0.683. The normalized spacial score (nSPS) is 9.86. The lowest BCUT2D eigenvalue weighted by atomic mass is 10.1. The molecule has 0 amide bonds. The van der Waals surface area contributed by atoms with Crippen molar-refractivity contribution in [3.8, 4) is 5.75 Å². The van der Waals surface area contributed by atoms with Crippen LogP contribution in [0.3, 0.4) is 0 Å². The van der Waals surface area contributed by atoms with Crippen LogP contribution in [-0.4, -0.2) is 15.8 Å². The molecule has 1 aromatic rings. The van der Waals surface area contributed by atoms with Crippen LogP contribution >= 0.6 is 11.6 Å². The van der Waals surface area contributed by atoms with Crippen molar-refractivity contribution in [2.45, 2.75) is 6.92 Å². The van der Waals surface area contributed by atoms with Crippen LogP contribution in [0.15, 0.2) is 12.1 Å². The molecule has 0 atom stereocenters. The molecule has 6 heteroatoms. The van der Waals surface area contributed by atoms with E-state index in [-0.39, 0.29) is 16.3 Å². The third-order valence-electron chi connectivity index (χ3n) is 1.64. The smallest absolute Gasteiger partial charge is 0.271 e. The molecule has 74 valence electrons. The Bertz CT molecular complexity index is 416. The average Bonchev–Trinajstić information content (AvgIpc) is 2.08. The van der Waals surface area contributed by atoms with E-state index in [2.05, 4.69) is 0 Å². The molecule has 0 aromatic heterocycles. The molecule has 0 saturated carbocycles. The van der Waals surface area contributed by atoms with Gasteiger partial charge in [0, 0.05) is 12.1 Å². The number of carbonyl (C=O) groups is 1. The number of Topliss-reactive ketones (excluding diaryl/α,β-unsaturated/α-hetero) is 1. The van der Waals surface area contributed by atoms with Gasteiger partial charge in [-0.3, -0.25) is 14.9 Å². The quantitative estimate of drug-likeness (QED) is 0.466. The Morgan fingerprint density at radius 2 is 2.14 bits per heavy atom. The largest absolute Gasteiger partial charge is 0.506 e. The fourth-order valence-corrected chi connectivity index (χ4v) is 1.17. The van der Waals surface area contributed by atoms with Crippen molar-refractivity contribution >= 4 is 23.1 Å². The first-order chi connectivity index (χ1) is 6.43. The lowest BCUT2D eigenvalue weighted by Gasteiger charge is -2.02. The van der Waals surface area contributed by atoms with Crippen LogP contribution in [0.4, 0.5) is 5.69 Å². The molecule has 5 nitrogen and oxygen atoms in total. The Balaban J connectivity index is 3.43. The van der Waals surface area contributed by atoms with Gasteiger partial charge in [-0.1, -0.05) is 11.6 Å². The molecule has 0 aliphatic rings. The zero-order valence-corrected chi connectivity index (χ0v) is 7.91. The van der Waals surface area contributed by atoms with Gasteiger partial charge in [0.1, 0.15) is 5.75 Å². The monoisotopic (exact) mass is 215 g/mol. The number of phenols is 1. The van der Waals surface area contributed by atoms with Crippen molar-refractivity contribution in [3.63, 3.8) is 0 Å². The van der Waals surface area contributed by atoms with Gasteiger partial charge in [0.25, 0.3) is 5.69 Å². The predicted octanol–water partition coefficient (Wildman–Crippen LogP) is 2.16. The number of halogens is 1. The van der Waals surface area contributed by atoms with Crippen molar-refractivity contribution in [1.29, 1.82) is 0 Å². The molecule has 1 aromatic carbocycles. The highest BCUT2D eigenvalue weighted by atomic mass is 35.5. The number of carbonyl (C=O) groups excluding carboxylic acids is 1. The number of hydrogen-bond donors (Lipinski definition) is 1. The highest BCUT2D eigenvalue weighted by molar-refractivity contribution is 6.32. The van der Waals surface area contributed by atoms with E-state index < -0.39 is 16.5 Å². The van der Waals surface area contributed by atoms with Crippen LogP contribution in [0.1, 0.15) is 17.3 Å². The lowest BCUT2D eigenvalue weighted by molar-refractivity contribution is -0.384. The number of nitrogens with zero attached hydrogens (tertiary/aromatic N) is 1. The molecule has 0 radical (unpaired) electrons. The topological polar surface area (TPSA) is 80.4 Å². The number of nitro groups is 1. The Labute approximate surface area is 84.1 Å². The van der Waals surface area contributed by atoms with E-state index in [0.717, 1.165) is 12.1 Å². The van der Waals surface area contributed by atoms with E-state index >= 15 is 0 Å². The molecular weight excluding hydrogens is 210 g/mol. The first kappa shape index (κ1) is 10.5. The van der Waals surface area contributed by atoms with Crippen LogP contribution in [0.25, 0.3) is 0 Å². The number of benzene rings is 1. The van der Waals surface area contributed by atoms with Crippen LogP contribution in [-0.2, 0) is 0 Å². The Morgan fingerprint density at radius 3 is 2.57 bits per heavy atom. The summed E-state index contributed by atoms with van der Waals surface area (Å²) in [5.74, 6) is -0.905. The minimum absolute atomic E-state index is 0.149. The Kier molecular flexibility index (Phi) is 2.71. The van der Waals surface area contributed by atoms with Crippen LogP contribution in [0, 0.1) is 10.1 Å². The van der Waals surface area contributed by atoms with E-state index in [0.29, 0.717) is 0 Å². The van der Waals surface area contributed by atoms with Gasteiger partial charge in [0.2, 0.25) is 0 Å². The summed E-state index contributed by atoms with van der Waals surface area (Å²) in [6, 6.07) is 1.98. The highest BCUT2D eigenvalue weighted by Crippen LogP contribution is 2.32. The van der Waals surface area contributed by atoms with Crippen LogP contribution < -0.4 is 0 Å². The molecular formula is C8H6ClNO4. The number of non-ortho nitro benzene ring substituents is 1. The van der Waals surface area contributed by atoms with Gasteiger partial charge < -0.3 is 5.11 Å². The summed E-state index contributed by atoms with van der Waals surface area (Å²) in [4.78, 5) is 20.7. The molecule has 0 unspecified atom stereocenters. The summed E-state index contributed by atoms with van der Waals surface area (Å²) >= 11 is 5.50. The number of nitro benzene ring substituents is 1. The lowest BCUT2D eigenvalue weighted by Crippen LogP contribution is -1.96. The second kappa shape index (κ2) is 3.63. The van der Waals surface area contributed by atoms with E-state index in [1.165, 1.54) is 6.92 Å². The van der Waals surface area contributed by atoms with Gasteiger partial charge in [0.05, 0.1) is 15.5 Å². The standard InChI is InChI=1S/C8H6ClNO4/c1-4(11)6-2-5(10(13)14)3-7(9)8(6)12/h2-3,12H,1H3. The second-order valence-electron chi connectivity index (χ2n) is 2.64. The maximum atomic E-state index is 11.0.